The van der Waals surface area contributed by atoms with Gasteiger partial charge in [0.25, 0.3) is 0 Å². The molecule has 2 aromatic carbocycles. The van der Waals surface area contributed by atoms with Crippen LogP contribution in [0.25, 0.3) is 10.8 Å². The zero-order valence-corrected chi connectivity index (χ0v) is 13.2. The summed E-state index contributed by atoms with van der Waals surface area (Å²) in [5.74, 6) is 1.07. The van der Waals surface area contributed by atoms with Crippen LogP contribution in [0.1, 0.15) is 10.4 Å². The lowest BCUT2D eigenvalue weighted by Crippen LogP contribution is -2.02. The van der Waals surface area contributed by atoms with Crippen LogP contribution in [-0.2, 0) is 0 Å². The zero-order valence-electron chi connectivity index (χ0n) is 13.2. The number of nitrogen functional groups attached to an aromatic ring is 1. The third kappa shape index (κ3) is 2.67. The van der Waals surface area contributed by atoms with E-state index in [1.54, 1.807) is 18.2 Å². The fourth-order valence-corrected chi connectivity index (χ4v) is 2.47. The number of methoxy groups -OCH3 is 2. The molecule has 0 saturated carbocycles. The summed E-state index contributed by atoms with van der Waals surface area (Å²) in [7, 11) is 2.95. The van der Waals surface area contributed by atoms with Crippen LogP contribution < -0.4 is 15.2 Å². The van der Waals surface area contributed by atoms with Gasteiger partial charge in [-0.25, -0.2) is 0 Å². The van der Waals surface area contributed by atoms with Crippen molar-refractivity contribution in [1.29, 1.82) is 0 Å². The molecule has 7 heteroatoms. The summed E-state index contributed by atoms with van der Waals surface area (Å²) in [5.41, 5.74) is 6.12. The van der Waals surface area contributed by atoms with Crippen LogP contribution >= 0.6 is 0 Å². The predicted octanol–water partition coefficient (Wildman–Crippen LogP) is 3.69. The van der Waals surface area contributed by atoms with Gasteiger partial charge >= 0.3 is 5.91 Å². The molecular formula is C17H16N4O3. The first-order valence-electron chi connectivity index (χ1n) is 7.19. The Labute approximate surface area is 138 Å². The topological polar surface area (TPSA) is 102 Å². The fraction of sp³-hybridized carbons (Fsp3) is 0.118. The van der Waals surface area contributed by atoms with E-state index >= 15 is 0 Å². The minimum Gasteiger partial charge on any atom is -0.496 e. The van der Waals surface area contributed by atoms with E-state index in [0.29, 0.717) is 23.1 Å². The number of nitrogens with zero attached hydrogens (tertiary/aromatic N) is 2. The van der Waals surface area contributed by atoms with Gasteiger partial charge in [-0.2, -0.15) is 0 Å². The second kappa shape index (κ2) is 6.41. The largest absolute Gasteiger partial charge is 0.496 e. The van der Waals surface area contributed by atoms with E-state index in [-0.39, 0.29) is 5.56 Å². The maximum Gasteiger partial charge on any atom is 0.303 e. The molecule has 24 heavy (non-hydrogen) atoms. The lowest BCUT2D eigenvalue weighted by atomic mass is 10.1. The van der Waals surface area contributed by atoms with Gasteiger partial charge < -0.3 is 20.2 Å². The van der Waals surface area contributed by atoms with E-state index in [0.717, 1.165) is 10.8 Å². The molecule has 0 aliphatic rings. The van der Waals surface area contributed by atoms with Crippen LogP contribution in [0.5, 0.6) is 11.5 Å². The van der Waals surface area contributed by atoms with Crippen molar-refractivity contribution in [3.63, 3.8) is 0 Å². The third-order valence-corrected chi connectivity index (χ3v) is 3.61. The molecule has 0 radical (unpaired) electrons. The molecule has 0 atom stereocenters. The van der Waals surface area contributed by atoms with Gasteiger partial charge in [0.15, 0.2) is 5.82 Å². The molecular weight excluding hydrogens is 308 g/mol. The number of carbonyl (C=O) groups excluding carboxylic acids is 1. The van der Waals surface area contributed by atoms with Crippen LogP contribution in [0.2, 0.25) is 0 Å². The second-order valence-corrected chi connectivity index (χ2v) is 4.98. The van der Waals surface area contributed by atoms with Crippen molar-refractivity contribution >= 4 is 28.3 Å². The zero-order chi connectivity index (χ0) is 17.1. The first kappa shape index (κ1) is 15.5. The van der Waals surface area contributed by atoms with E-state index in [2.05, 4.69) is 15.2 Å². The number of anilines is 1. The molecule has 0 bridgehead atoms. The number of nitrogens with two attached hydrogens (primary N) is 1. The third-order valence-electron chi connectivity index (χ3n) is 3.61. The van der Waals surface area contributed by atoms with E-state index < -0.39 is 5.91 Å². The van der Waals surface area contributed by atoms with Crippen molar-refractivity contribution in [3.05, 3.63) is 48.0 Å². The lowest BCUT2D eigenvalue weighted by molar-refractivity contribution is 0.0989. The van der Waals surface area contributed by atoms with Crippen molar-refractivity contribution in [3.8, 4) is 11.5 Å². The van der Waals surface area contributed by atoms with Gasteiger partial charge in [-0.05, 0) is 12.1 Å². The molecule has 3 rings (SSSR count). The Bertz CT molecular complexity index is 908. The SMILES string of the molecule is COc1cccc(OC)c1C(=O)N=Nc1[nH]c(N)c2ccccc12. The Hall–Kier alpha value is -3.35. The minimum absolute atomic E-state index is 0.218. The summed E-state index contributed by atoms with van der Waals surface area (Å²) in [6.45, 7) is 0. The number of H-pyrrole nitrogens is 1. The summed E-state index contributed by atoms with van der Waals surface area (Å²) in [5, 5.41) is 9.41. The second-order valence-electron chi connectivity index (χ2n) is 4.98. The van der Waals surface area contributed by atoms with Crippen LogP contribution in [0.15, 0.2) is 52.7 Å². The first-order chi connectivity index (χ1) is 11.7. The Kier molecular flexibility index (Phi) is 4.15. The van der Waals surface area contributed by atoms with E-state index in [4.69, 9.17) is 15.2 Å². The maximum atomic E-state index is 12.5. The smallest absolute Gasteiger partial charge is 0.303 e. The predicted molar refractivity (Wildman–Crippen MR) is 91.1 cm³/mol. The molecule has 0 unspecified atom stereocenters. The highest BCUT2D eigenvalue weighted by atomic mass is 16.5. The number of nitrogens with one attached hydrogen (secondary N) is 1. The van der Waals surface area contributed by atoms with Gasteiger partial charge in [0.1, 0.15) is 22.9 Å². The van der Waals surface area contributed by atoms with Gasteiger partial charge in [-0.3, -0.25) is 4.79 Å². The van der Waals surface area contributed by atoms with Gasteiger partial charge in [0.05, 0.1) is 14.2 Å². The molecule has 0 aliphatic heterocycles. The van der Waals surface area contributed by atoms with E-state index in [9.17, 15) is 4.79 Å². The minimum atomic E-state index is -0.568. The van der Waals surface area contributed by atoms with Crippen LogP contribution in [0.4, 0.5) is 11.6 Å². The average Bonchev–Trinajstić information content (AvgIpc) is 2.95. The highest BCUT2D eigenvalue weighted by molar-refractivity contribution is 6.02. The summed E-state index contributed by atoms with van der Waals surface area (Å²) in [6, 6.07) is 12.5. The molecule has 0 fully saturated rings. The quantitative estimate of drug-likeness (QED) is 0.714. The Morgan fingerprint density at radius 3 is 2.25 bits per heavy atom. The molecule has 1 aromatic heterocycles. The maximum absolute atomic E-state index is 12.5. The number of ether oxygens (including phenoxy) is 2. The summed E-state index contributed by atoms with van der Waals surface area (Å²) in [4.78, 5) is 15.4. The van der Waals surface area contributed by atoms with Crippen molar-refractivity contribution in [2.75, 3.05) is 20.0 Å². The van der Waals surface area contributed by atoms with Crippen LogP contribution in [0.3, 0.4) is 0 Å². The standard InChI is InChI=1S/C17H16N4O3/c1-23-12-8-5-9-13(24-2)14(12)17(22)21-20-16-11-7-4-3-6-10(11)15(18)19-16/h3-9,19H,18H2,1-2H3. The first-order valence-corrected chi connectivity index (χ1v) is 7.19. The number of amides is 1. The summed E-state index contributed by atoms with van der Waals surface area (Å²) < 4.78 is 10.4. The Balaban J connectivity index is 1.99. The van der Waals surface area contributed by atoms with Gasteiger partial charge in [0.2, 0.25) is 0 Å². The van der Waals surface area contributed by atoms with Crippen LogP contribution in [-0.4, -0.2) is 25.1 Å². The summed E-state index contributed by atoms with van der Waals surface area (Å²) >= 11 is 0. The van der Waals surface area contributed by atoms with E-state index in [1.807, 2.05) is 24.3 Å². The Morgan fingerprint density at radius 2 is 1.62 bits per heavy atom. The number of hydrogen-bond acceptors (Lipinski definition) is 5. The molecule has 3 aromatic rings. The number of hydrogen-bond donors (Lipinski definition) is 2. The number of fused-ring (bicyclic) bond motifs is 1. The Morgan fingerprint density at radius 1 is 1.00 bits per heavy atom. The van der Waals surface area contributed by atoms with E-state index in [1.165, 1.54) is 14.2 Å². The molecule has 1 amide bonds. The number of rotatable bonds is 4. The molecule has 122 valence electrons. The molecule has 1 heterocycles. The number of benzene rings is 2. The molecule has 3 N–H and O–H groups in total. The van der Waals surface area contributed by atoms with Crippen molar-refractivity contribution < 1.29 is 14.3 Å². The van der Waals surface area contributed by atoms with Crippen molar-refractivity contribution in [2.24, 2.45) is 10.2 Å². The molecule has 7 nitrogen and oxygen atoms in total. The van der Waals surface area contributed by atoms with Crippen molar-refractivity contribution in [1.82, 2.24) is 4.98 Å². The van der Waals surface area contributed by atoms with Gasteiger partial charge in [0, 0.05) is 10.8 Å². The number of aromatic nitrogens is 1. The molecule has 0 aliphatic carbocycles. The lowest BCUT2D eigenvalue weighted by Gasteiger charge is -2.09. The molecule has 0 spiro atoms. The number of aromatic amines is 1. The highest BCUT2D eigenvalue weighted by Gasteiger charge is 2.18. The van der Waals surface area contributed by atoms with Gasteiger partial charge in [-0.1, -0.05) is 30.3 Å². The fourth-order valence-electron chi connectivity index (χ4n) is 2.47. The normalized spacial score (nSPS) is 11.1. The highest BCUT2D eigenvalue weighted by Crippen LogP contribution is 2.32. The number of azo groups is 1. The summed E-state index contributed by atoms with van der Waals surface area (Å²) in [6.07, 6.45) is 0. The average molecular weight is 324 g/mol. The monoisotopic (exact) mass is 324 g/mol. The van der Waals surface area contributed by atoms with Crippen LogP contribution in [0, 0.1) is 0 Å². The molecule has 0 saturated heterocycles. The van der Waals surface area contributed by atoms with Gasteiger partial charge in [-0.15, -0.1) is 10.2 Å². The van der Waals surface area contributed by atoms with Crippen molar-refractivity contribution in [2.45, 2.75) is 0 Å². The number of carbonyl (C=O) groups is 1.